The van der Waals surface area contributed by atoms with Crippen molar-refractivity contribution in [2.45, 2.75) is 43.9 Å². The zero-order valence-electron chi connectivity index (χ0n) is 16.0. The predicted octanol–water partition coefficient (Wildman–Crippen LogP) is 5.17. The molecule has 2 fully saturated rings. The van der Waals surface area contributed by atoms with E-state index in [2.05, 4.69) is 27.3 Å². The van der Waals surface area contributed by atoms with Gasteiger partial charge in [-0.05, 0) is 86.4 Å². The summed E-state index contributed by atoms with van der Waals surface area (Å²) in [6.07, 6.45) is 8.66. The standard InChI is InChI=1S/C23H23N3O2S/c29-23-25-21(19-8-3-4-14-24-19)22(20-9-5-15-27-20)26(23)16-10-12-18(13-11-16)28-17-6-1-2-7-17/h3-5,8-15,17,21-22H,1-2,6-7H2,(H,25,29)/t21-,22-/m0/s1. The quantitative estimate of drug-likeness (QED) is 0.591. The van der Waals surface area contributed by atoms with Crippen LogP contribution in [0.2, 0.25) is 0 Å². The first-order valence-corrected chi connectivity index (χ1v) is 10.5. The van der Waals surface area contributed by atoms with Crippen LogP contribution in [0.1, 0.15) is 49.2 Å². The van der Waals surface area contributed by atoms with Crippen LogP contribution in [0.3, 0.4) is 0 Å². The molecule has 5 rings (SSSR count). The Hall–Kier alpha value is -2.86. The topological polar surface area (TPSA) is 50.5 Å². The predicted molar refractivity (Wildman–Crippen MR) is 116 cm³/mol. The number of hydrogen-bond acceptors (Lipinski definition) is 4. The van der Waals surface area contributed by atoms with Crippen LogP contribution in [0.25, 0.3) is 0 Å². The Morgan fingerprint density at radius 1 is 1.03 bits per heavy atom. The first kappa shape index (κ1) is 18.2. The van der Waals surface area contributed by atoms with Gasteiger partial charge in [0.2, 0.25) is 0 Å². The van der Waals surface area contributed by atoms with Crippen LogP contribution < -0.4 is 15.0 Å². The van der Waals surface area contributed by atoms with Crippen LogP contribution in [0, 0.1) is 0 Å². The molecule has 1 N–H and O–H groups in total. The van der Waals surface area contributed by atoms with E-state index in [9.17, 15) is 0 Å². The summed E-state index contributed by atoms with van der Waals surface area (Å²) in [6, 6.07) is 17.8. The van der Waals surface area contributed by atoms with Gasteiger partial charge in [-0.15, -0.1) is 0 Å². The maximum absolute atomic E-state index is 6.11. The highest BCUT2D eigenvalue weighted by Gasteiger charge is 2.42. The van der Waals surface area contributed by atoms with Gasteiger partial charge in [0.1, 0.15) is 17.6 Å². The Bertz CT molecular complexity index is 954. The smallest absolute Gasteiger partial charge is 0.174 e. The van der Waals surface area contributed by atoms with Crippen LogP contribution in [0.15, 0.2) is 71.5 Å². The number of benzene rings is 1. The van der Waals surface area contributed by atoms with Gasteiger partial charge in [-0.2, -0.15) is 0 Å². The lowest BCUT2D eigenvalue weighted by molar-refractivity contribution is 0.210. The van der Waals surface area contributed by atoms with Gasteiger partial charge in [0.15, 0.2) is 5.11 Å². The van der Waals surface area contributed by atoms with E-state index in [0.717, 1.165) is 35.7 Å². The molecule has 1 aromatic carbocycles. The maximum atomic E-state index is 6.11. The minimum atomic E-state index is -0.117. The highest BCUT2D eigenvalue weighted by Crippen LogP contribution is 2.41. The SMILES string of the molecule is S=C1N[C@@H](c2ccccn2)[C@H](c2ccco2)N1c1ccc(OC2CCCC2)cc1. The van der Waals surface area contributed by atoms with Gasteiger partial charge in [-0.1, -0.05) is 6.07 Å². The molecule has 3 heterocycles. The normalized spacial score (nSPS) is 22.1. The van der Waals surface area contributed by atoms with Gasteiger partial charge >= 0.3 is 0 Å². The van der Waals surface area contributed by atoms with Crippen LogP contribution in [-0.4, -0.2) is 16.2 Å². The van der Waals surface area contributed by atoms with Crippen molar-refractivity contribution in [2.24, 2.45) is 0 Å². The lowest BCUT2D eigenvalue weighted by Gasteiger charge is -2.26. The molecule has 5 nitrogen and oxygen atoms in total. The number of aromatic nitrogens is 1. The van der Waals surface area contributed by atoms with E-state index in [-0.39, 0.29) is 12.1 Å². The maximum Gasteiger partial charge on any atom is 0.174 e. The van der Waals surface area contributed by atoms with Gasteiger partial charge < -0.3 is 19.4 Å². The Kier molecular flexibility index (Phi) is 4.94. The number of anilines is 1. The van der Waals surface area contributed by atoms with Crippen LogP contribution in [0.4, 0.5) is 5.69 Å². The third-order valence-corrected chi connectivity index (χ3v) is 5.97. The first-order chi connectivity index (χ1) is 14.3. The molecule has 0 amide bonds. The summed E-state index contributed by atoms with van der Waals surface area (Å²) < 4.78 is 11.9. The van der Waals surface area contributed by atoms with Crippen LogP contribution in [0.5, 0.6) is 5.75 Å². The molecule has 3 aromatic rings. The number of pyridine rings is 1. The van der Waals surface area contributed by atoms with Gasteiger partial charge in [0.25, 0.3) is 0 Å². The molecule has 0 spiro atoms. The number of thiocarbonyl (C=S) groups is 1. The Morgan fingerprint density at radius 2 is 1.86 bits per heavy atom. The Labute approximate surface area is 175 Å². The van der Waals surface area contributed by atoms with E-state index in [0.29, 0.717) is 11.2 Å². The number of rotatable bonds is 5. The lowest BCUT2D eigenvalue weighted by Crippen LogP contribution is -2.29. The highest BCUT2D eigenvalue weighted by atomic mass is 32.1. The summed E-state index contributed by atoms with van der Waals surface area (Å²) in [4.78, 5) is 6.65. The third-order valence-electron chi connectivity index (χ3n) is 5.65. The summed E-state index contributed by atoms with van der Waals surface area (Å²) in [5, 5.41) is 4.09. The summed E-state index contributed by atoms with van der Waals surface area (Å²) in [6.45, 7) is 0. The molecule has 1 aliphatic carbocycles. The summed E-state index contributed by atoms with van der Waals surface area (Å²) >= 11 is 5.71. The van der Waals surface area contributed by atoms with E-state index < -0.39 is 0 Å². The zero-order valence-corrected chi connectivity index (χ0v) is 16.8. The van der Waals surface area contributed by atoms with Gasteiger partial charge in [-0.25, -0.2) is 0 Å². The van der Waals surface area contributed by atoms with Crippen molar-refractivity contribution < 1.29 is 9.15 Å². The molecular formula is C23H23N3O2S. The van der Waals surface area contributed by atoms with E-state index >= 15 is 0 Å². The van der Waals surface area contributed by atoms with Crippen molar-refractivity contribution in [3.8, 4) is 5.75 Å². The molecule has 1 saturated carbocycles. The second kappa shape index (κ2) is 7.87. The average molecular weight is 406 g/mol. The minimum Gasteiger partial charge on any atom is -0.490 e. The molecule has 29 heavy (non-hydrogen) atoms. The van der Waals surface area contributed by atoms with Crippen molar-refractivity contribution in [1.82, 2.24) is 10.3 Å². The molecule has 1 saturated heterocycles. The number of nitrogens with zero attached hydrogens (tertiary/aromatic N) is 2. The summed E-state index contributed by atoms with van der Waals surface area (Å²) in [7, 11) is 0. The number of ether oxygens (including phenoxy) is 1. The van der Waals surface area contributed by atoms with Crippen LogP contribution in [-0.2, 0) is 0 Å². The second-order valence-electron chi connectivity index (χ2n) is 7.53. The minimum absolute atomic E-state index is 0.0933. The molecule has 0 unspecified atom stereocenters. The summed E-state index contributed by atoms with van der Waals surface area (Å²) in [5.41, 5.74) is 1.93. The van der Waals surface area contributed by atoms with E-state index in [1.165, 1.54) is 12.8 Å². The fourth-order valence-corrected chi connectivity index (χ4v) is 4.61. The molecule has 0 bridgehead atoms. The van der Waals surface area contributed by atoms with Gasteiger partial charge in [0, 0.05) is 11.9 Å². The van der Waals surface area contributed by atoms with Gasteiger partial charge in [-0.3, -0.25) is 4.98 Å². The van der Waals surface area contributed by atoms with Crippen molar-refractivity contribution >= 4 is 23.0 Å². The molecule has 2 aromatic heterocycles. The van der Waals surface area contributed by atoms with Crippen molar-refractivity contribution in [2.75, 3.05) is 4.90 Å². The fourth-order valence-electron chi connectivity index (χ4n) is 4.27. The molecular weight excluding hydrogens is 382 g/mol. The molecule has 6 heteroatoms. The molecule has 2 aliphatic rings. The monoisotopic (exact) mass is 405 g/mol. The summed E-state index contributed by atoms with van der Waals surface area (Å²) in [5.74, 6) is 1.76. The van der Waals surface area contributed by atoms with Crippen molar-refractivity contribution in [3.05, 3.63) is 78.5 Å². The molecule has 1 aliphatic heterocycles. The lowest BCUT2D eigenvalue weighted by atomic mass is 10.0. The molecule has 2 atom stereocenters. The van der Waals surface area contributed by atoms with E-state index in [1.807, 2.05) is 42.5 Å². The number of hydrogen-bond donors (Lipinski definition) is 1. The first-order valence-electron chi connectivity index (χ1n) is 10.1. The highest BCUT2D eigenvalue weighted by molar-refractivity contribution is 7.80. The van der Waals surface area contributed by atoms with Crippen molar-refractivity contribution in [3.63, 3.8) is 0 Å². The average Bonchev–Trinajstić information content (AvgIpc) is 3.50. The molecule has 148 valence electrons. The van der Waals surface area contributed by atoms with Crippen LogP contribution >= 0.6 is 12.2 Å². The number of furan rings is 1. The van der Waals surface area contributed by atoms with E-state index in [4.69, 9.17) is 21.4 Å². The third kappa shape index (κ3) is 3.60. The molecule has 0 radical (unpaired) electrons. The fraction of sp³-hybridized carbons (Fsp3) is 0.304. The zero-order chi connectivity index (χ0) is 19.6. The second-order valence-corrected chi connectivity index (χ2v) is 7.92. The Morgan fingerprint density at radius 3 is 2.55 bits per heavy atom. The largest absolute Gasteiger partial charge is 0.490 e. The van der Waals surface area contributed by atoms with Crippen molar-refractivity contribution in [1.29, 1.82) is 0 Å². The van der Waals surface area contributed by atoms with E-state index in [1.54, 1.807) is 12.5 Å². The van der Waals surface area contributed by atoms with Gasteiger partial charge in [0.05, 0.1) is 24.1 Å². The Balaban J connectivity index is 1.45. The number of nitrogens with one attached hydrogen (secondary N) is 1.